The van der Waals surface area contributed by atoms with Crippen LogP contribution in [0.25, 0.3) is 0 Å². The van der Waals surface area contributed by atoms with E-state index in [0.717, 1.165) is 0 Å². The predicted octanol–water partition coefficient (Wildman–Crippen LogP) is 1.03. The Hall–Kier alpha value is -2.42. The third-order valence-corrected chi connectivity index (χ3v) is 2.74. The second kappa shape index (κ2) is 7.89. The number of halogens is 1. The third kappa shape index (κ3) is 5.48. The smallest absolute Gasteiger partial charge is 0.240 e. The molecule has 0 spiro atoms. The SMILES string of the molecule is N#CCCC[C@@H](NC(=O)Cc1ccc(F)cc1)C(N)=O. The van der Waals surface area contributed by atoms with Crippen molar-refractivity contribution < 1.29 is 14.0 Å². The van der Waals surface area contributed by atoms with Crippen LogP contribution in [0.4, 0.5) is 4.39 Å². The summed E-state index contributed by atoms with van der Waals surface area (Å²) in [5.74, 6) is -1.37. The van der Waals surface area contributed by atoms with E-state index in [1.54, 1.807) is 0 Å². The maximum atomic E-state index is 12.7. The van der Waals surface area contributed by atoms with Crippen molar-refractivity contribution in [1.82, 2.24) is 5.32 Å². The van der Waals surface area contributed by atoms with E-state index in [9.17, 15) is 14.0 Å². The van der Waals surface area contributed by atoms with Crippen LogP contribution in [-0.4, -0.2) is 17.9 Å². The minimum Gasteiger partial charge on any atom is -0.368 e. The number of hydrogen-bond acceptors (Lipinski definition) is 3. The number of nitrogens with zero attached hydrogens (tertiary/aromatic N) is 1. The molecule has 0 unspecified atom stereocenters. The van der Waals surface area contributed by atoms with Crippen molar-refractivity contribution in [3.8, 4) is 6.07 Å². The highest BCUT2D eigenvalue weighted by Gasteiger charge is 2.17. The molecule has 1 atom stereocenters. The first kappa shape index (κ1) is 15.6. The minimum atomic E-state index is -0.781. The first-order valence-electron chi connectivity index (χ1n) is 6.23. The molecule has 0 aliphatic heterocycles. The third-order valence-electron chi connectivity index (χ3n) is 2.74. The summed E-state index contributed by atoms with van der Waals surface area (Å²) in [6, 6.07) is 6.72. The van der Waals surface area contributed by atoms with Crippen LogP contribution in [0.2, 0.25) is 0 Å². The van der Waals surface area contributed by atoms with Crippen LogP contribution in [0, 0.1) is 17.1 Å². The minimum absolute atomic E-state index is 0.0440. The number of unbranched alkanes of at least 4 members (excludes halogenated alkanes) is 1. The van der Waals surface area contributed by atoms with Crippen molar-refractivity contribution in [2.45, 2.75) is 31.7 Å². The lowest BCUT2D eigenvalue weighted by molar-refractivity contribution is -0.127. The molecule has 0 saturated carbocycles. The van der Waals surface area contributed by atoms with E-state index in [2.05, 4.69) is 5.32 Å². The molecule has 0 bridgehead atoms. The molecule has 0 saturated heterocycles. The number of benzene rings is 1. The maximum absolute atomic E-state index is 12.7. The van der Waals surface area contributed by atoms with E-state index >= 15 is 0 Å². The molecule has 0 aromatic heterocycles. The average molecular weight is 277 g/mol. The lowest BCUT2D eigenvalue weighted by atomic mass is 10.1. The highest BCUT2D eigenvalue weighted by atomic mass is 19.1. The standard InChI is InChI=1S/C14H16FN3O2/c15-11-6-4-10(5-7-11)9-13(19)18-12(14(17)20)3-1-2-8-16/h4-7,12H,1-3,9H2,(H2,17,20)(H,18,19)/t12-/m1/s1. The second-order valence-corrected chi connectivity index (χ2v) is 4.38. The molecule has 6 heteroatoms. The molecule has 0 aliphatic rings. The van der Waals surface area contributed by atoms with E-state index in [1.807, 2.05) is 6.07 Å². The summed E-state index contributed by atoms with van der Waals surface area (Å²) in [6.07, 6.45) is 1.17. The lowest BCUT2D eigenvalue weighted by Crippen LogP contribution is -2.44. The molecule has 0 radical (unpaired) electrons. The van der Waals surface area contributed by atoms with Gasteiger partial charge < -0.3 is 11.1 Å². The van der Waals surface area contributed by atoms with E-state index < -0.39 is 11.9 Å². The quantitative estimate of drug-likeness (QED) is 0.728. The van der Waals surface area contributed by atoms with Gasteiger partial charge >= 0.3 is 0 Å². The number of nitrogens with one attached hydrogen (secondary N) is 1. The zero-order valence-electron chi connectivity index (χ0n) is 10.9. The molecule has 2 amide bonds. The van der Waals surface area contributed by atoms with Gasteiger partial charge in [0.15, 0.2) is 0 Å². The summed E-state index contributed by atoms with van der Waals surface area (Å²) < 4.78 is 12.7. The number of hydrogen-bond donors (Lipinski definition) is 2. The average Bonchev–Trinajstić information content (AvgIpc) is 2.40. The molecular weight excluding hydrogens is 261 g/mol. The number of carbonyl (C=O) groups excluding carboxylic acids is 2. The molecule has 1 aromatic rings. The Bertz CT molecular complexity index is 508. The number of amides is 2. The van der Waals surface area contributed by atoms with Gasteiger partial charge in [-0.25, -0.2) is 4.39 Å². The van der Waals surface area contributed by atoms with Gasteiger partial charge in [0.25, 0.3) is 0 Å². The van der Waals surface area contributed by atoms with Gasteiger partial charge in [-0.15, -0.1) is 0 Å². The number of nitriles is 1. The summed E-state index contributed by atoms with van der Waals surface area (Å²) in [4.78, 5) is 23.0. The van der Waals surface area contributed by atoms with Crippen molar-refractivity contribution in [1.29, 1.82) is 5.26 Å². The highest BCUT2D eigenvalue weighted by Crippen LogP contribution is 2.05. The van der Waals surface area contributed by atoms with Gasteiger partial charge in [0.05, 0.1) is 12.5 Å². The van der Waals surface area contributed by atoms with Gasteiger partial charge in [-0.05, 0) is 30.5 Å². The monoisotopic (exact) mass is 277 g/mol. The molecule has 5 nitrogen and oxygen atoms in total. The fourth-order valence-corrected chi connectivity index (χ4v) is 1.70. The number of rotatable bonds is 7. The summed E-state index contributed by atoms with van der Waals surface area (Å²) in [5.41, 5.74) is 5.84. The van der Waals surface area contributed by atoms with E-state index in [4.69, 9.17) is 11.0 Å². The van der Waals surface area contributed by atoms with Crippen LogP contribution in [0.15, 0.2) is 24.3 Å². The zero-order valence-corrected chi connectivity index (χ0v) is 10.9. The number of primary amides is 1. The van der Waals surface area contributed by atoms with Crippen LogP contribution in [0.3, 0.4) is 0 Å². The molecule has 0 heterocycles. The van der Waals surface area contributed by atoms with Crippen molar-refractivity contribution in [3.05, 3.63) is 35.6 Å². The molecule has 106 valence electrons. The topological polar surface area (TPSA) is 96.0 Å². The molecular formula is C14H16FN3O2. The Kier molecular flexibility index (Phi) is 6.17. The Morgan fingerprint density at radius 2 is 2.00 bits per heavy atom. The van der Waals surface area contributed by atoms with Gasteiger partial charge in [0, 0.05) is 6.42 Å². The lowest BCUT2D eigenvalue weighted by Gasteiger charge is -2.14. The van der Waals surface area contributed by atoms with Crippen LogP contribution < -0.4 is 11.1 Å². The maximum Gasteiger partial charge on any atom is 0.240 e. The molecule has 20 heavy (non-hydrogen) atoms. The fraction of sp³-hybridized carbons (Fsp3) is 0.357. The van der Waals surface area contributed by atoms with Gasteiger partial charge in [-0.2, -0.15) is 5.26 Å². The predicted molar refractivity (Wildman–Crippen MR) is 70.7 cm³/mol. The van der Waals surface area contributed by atoms with E-state index in [1.165, 1.54) is 24.3 Å². The summed E-state index contributed by atoms with van der Waals surface area (Å²) in [7, 11) is 0. The first-order chi connectivity index (χ1) is 9.52. The Morgan fingerprint density at radius 1 is 1.35 bits per heavy atom. The molecule has 3 N–H and O–H groups in total. The molecule has 1 aromatic carbocycles. The number of carbonyl (C=O) groups is 2. The van der Waals surface area contributed by atoms with Crippen molar-refractivity contribution >= 4 is 11.8 Å². The normalized spacial score (nSPS) is 11.4. The van der Waals surface area contributed by atoms with Gasteiger partial charge in [-0.3, -0.25) is 9.59 Å². The first-order valence-corrected chi connectivity index (χ1v) is 6.23. The summed E-state index contributed by atoms with van der Waals surface area (Å²) in [5, 5.41) is 11.0. The van der Waals surface area contributed by atoms with Gasteiger partial charge in [0.2, 0.25) is 11.8 Å². The molecule has 0 aliphatic carbocycles. The Balaban J connectivity index is 2.51. The van der Waals surface area contributed by atoms with Crippen LogP contribution >= 0.6 is 0 Å². The van der Waals surface area contributed by atoms with Crippen molar-refractivity contribution in [3.63, 3.8) is 0 Å². The highest BCUT2D eigenvalue weighted by molar-refractivity contribution is 5.87. The molecule has 1 rings (SSSR count). The van der Waals surface area contributed by atoms with Crippen LogP contribution in [-0.2, 0) is 16.0 Å². The summed E-state index contributed by atoms with van der Waals surface area (Å²) in [6.45, 7) is 0. The van der Waals surface area contributed by atoms with E-state index in [0.29, 0.717) is 24.8 Å². The van der Waals surface area contributed by atoms with Gasteiger partial charge in [0.1, 0.15) is 11.9 Å². The second-order valence-electron chi connectivity index (χ2n) is 4.38. The Morgan fingerprint density at radius 3 is 2.55 bits per heavy atom. The van der Waals surface area contributed by atoms with Crippen molar-refractivity contribution in [2.75, 3.05) is 0 Å². The van der Waals surface area contributed by atoms with Crippen LogP contribution in [0.5, 0.6) is 0 Å². The summed E-state index contributed by atoms with van der Waals surface area (Å²) >= 11 is 0. The number of nitrogens with two attached hydrogens (primary N) is 1. The zero-order chi connectivity index (χ0) is 15.0. The van der Waals surface area contributed by atoms with E-state index in [-0.39, 0.29) is 18.1 Å². The Labute approximate surface area is 116 Å². The fourth-order valence-electron chi connectivity index (χ4n) is 1.70. The largest absolute Gasteiger partial charge is 0.368 e. The van der Waals surface area contributed by atoms with Crippen LogP contribution in [0.1, 0.15) is 24.8 Å². The van der Waals surface area contributed by atoms with Crippen molar-refractivity contribution in [2.24, 2.45) is 5.73 Å². The molecule has 0 fully saturated rings. The van der Waals surface area contributed by atoms with Gasteiger partial charge in [-0.1, -0.05) is 12.1 Å².